The van der Waals surface area contributed by atoms with Gasteiger partial charge in [-0.2, -0.15) is 0 Å². The lowest BCUT2D eigenvalue weighted by molar-refractivity contribution is -0.129. The molecular formula is C25H18Br2ClNO4. The summed E-state index contributed by atoms with van der Waals surface area (Å²) < 4.78 is 18.9. The molecule has 3 aromatic carbocycles. The van der Waals surface area contributed by atoms with Crippen molar-refractivity contribution in [1.29, 1.82) is 0 Å². The van der Waals surface area contributed by atoms with E-state index in [4.69, 9.17) is 25.8 Å². The normalized spacial score (nSPS) is 14.2. The highest BCUT2D eigenvalue weighted by Gasteiger charge is 2.25. The van der Waals surface area contributed by atoms with Gasteiger partial charge in [-0.1, -0.05) is 51.8 Å². The molecule has 168 valence electrons. The predicted octanol–water partition coefficient (Wildman–Crippen LogP) is 7.19. The molecule has 1 heterocycles. The standard InChI is InChI=1S/C25H18Br2ClNO4/c1-2-31-22-13-16(11-19(27)23(22)32-14-15-6-5-7-17(26)10-15)12-21-25(30)33-24(29-21)18-8-3-4-9-20(18)28/h3-13H,2,14H2,1H3/b21-12-. The fourth-order valence-corrected chi connectivity index (χ4v) is 4.41. The van der Waals surface area contributed by atoms with Gasteiger partial charge in [0.1, 0.15) is 6.61 Å². The SMILES string of the molecule is CCOc1cc(/C=C2\N=C(c3ccccc3Cl)OC2=O)cc(Br)c1OCc1cccc(Br)c1. The third-order valence-electron chi connectivity index (χ3n) is 4.63. The molecule has 8 heteroatoms. The summed E-state index contributed by atoms with van der Waals surface area (Å²) in [5.41, 5.74) is 2.45. The van der Waals surface area contributed by atoms with Gasteiger partial charge in [0.2, 0.25) is 5.90 Å². The number of aliphatic imine (C=N–C) groups is 1. The monoisotopic (exact) mass is 589 g/mol. The second-order valence-electron chi connectivity index (χ2n) is 7.00. The summed E-state index contributed by atoms with van der Waals surface area (Å²) in [6, 6.07) is 18.6. The Hall–Kier alpha value is -2.61. The van der Waals surface area contributed by atoms with Crippen molar-refractivity contribution in [3.05, 3.63) is 97.0 Å². The van der Waals surface area contributed by atoms with E-state index in [1.165, 1.54) is 0 Å². The molecule has 4 rings (SSSR count). The molecule has 1 aliphatic heterocycles. The fourth-order valence-electron chi connectivity index (χ4n) is 3.17. The molecule has 1 aliphatic rings. The lowest BCUT2D eigenvalue weighted by atomic mass is 10.1. The number of benzene rings is 3. The Bertz CT molecular complexity index is 1270. The van der Waals surface area contributed by atoms with Crippen LogP contribution in [-0.2, 0) is 16.1 Å². The number of hydrogen-bond donors (Lipinski definition) is 0. The number of nitrogens with zero attached hydrogens (tertiary/aromatic N) is 1. The second-order valence-corrected chi connectivity index (χ2v) is 9.17. The van der Waals surface area contributed by atoms with Crippen LogP contribution in [0.3, 0.4) is 0 Å². The molecule has 3 aromatic rings. The summed E-state index contributed by atoms with van der Waals surface area (Å²) in [5, 5.41) is 0.457. The number of halogens is 3. The van der Waals surface area contributed by atoms with Gasteiger partial charge in [0, 0.05) is 4.47 Å². The van der Waals surface area contributed by atoms with E-state index in [1.54, 1.807) is 36.4 Å². The third-order valence-corrected chi connectivity index (χ3v) is 6.04. The molecule has 33 heavy (non-hydrogen) atoms. The first-order valence-electron chi connectivity index (χ1n) is 10.1. The predicted molar refractivity (Wildman–Crippen MR) is 136 cm³/mol. The largest absolute Gasteiger partial charge is 0.490 e. The van der Waals surface area contributed by atoms with Gasteiger partial charge in [-0.05, 0) is 76.5 Å². The zero-order valence-corrected chi connectivity index (χ0v) is 21.4. The number of carbonyl (C=O) groups excluding carboxylic acids is 1. The fraction of sp³-hybridized carbons (Fsp3) is 0.120. The molecule has 0 aliphatic carbocycles. The van der Waals surface area contributed by atoms with Crippen LogP contribution in [0.5, 0.6) is 11.5 Å². The van der Waals surface area contributed by atoms with Crippen molar-refractivity contribution in [3.63, 3.8) is 0 Å². The van der Waals surface area contributed by atoms with Crippen LogP contribution < -0.4 is 9.47 Å². The van der Waals surface area contributed by atoms with Gasteiger partial charge in [0.15, 0.2) is 17.2 Å². The van der Waals surface area contributed by atoms with E-state index in [0.717, 1.165) is 10.0 Å². The van der Waals surface area contributed by atoms with Crippen LogP contribution in [-0.4, -0.2) is 18.5 Å². The average molecular weight is 592 g/mol. The van der Waals surface area contributed by atoms with Crippen molar-refractivity contribution < 1.29 is 19.0 Å². The van der Waals surface area contributed by atoms with Gasteiger partial charge in [-0.15, -0.1) is 0 Å². The van der Waals surface area contributed by atoms with E-state index in [0.29, 0.717) is 45.3 Å². The van der Waals surface area contributed by atoms with E-state index in [-0.39, 0.29) is 11.6 Å². The van der Waals surface area contributed by atoms with Crippen LogP contribution in [0.15, 0.2) is 80.3 Å². The first-order chi connectivity index (χ1) is 15.9. The van der Waals surface area contributed by atoms with Gasteiger partial charge < -0.3 is 14.2 Å². The van der Waals surface area contributed by atoms with Crippen molar-refractivity contribution in [3.8, 4) is 11.5 Å². The van der Waals surface area contributed by atoms with Gasteiger partial charge >= 0.3 is 5.97 Å². The second kappa shape index (κ2) is 10.5. The van der Waals surface area contributed by atoms with Gasteiger partial charge in [-0.25, -0.2) is 9.79 Å². The molecule has 5 nitrogen and oxygen atoms in total. The quantitative estimate of drug-likeness (QED) is 0.216. The summed E-state index contributed by atoms with van der Waals surface area (Å²) in [5.74, 6) is 0.757. The zero-order valence-electron chi connectivity index (χ0n) is 17.5. The topological polar surface area (TPSA) is 57.1 Å². The smallest absolute Gasteiger partial charge is 0.363 e. The van der Waals surface area contributed by atoms with Gasteiger partial charge in [0.05, 0.1) is 21.7 Å². The first-order valence-corrected chi connectivity index (χ1v) is 12.0. The molecule has 0 N–H and O–H groups in total. The number of carbonyl (C=O) groups is 1. The number of rotatable bonds is 7. The van der Waals surface area contributed by atoms with Crippen LogP contribution in [0.1, 0.15) is 23.6 Å². The molecule has 0 amide bonds. The molecule has 0 radical (unpaired) electrons. The number of esters is 1. The highest BCUT2D eigenvalue weighted by molar-refractivity contribution is 9.10. The Morgan fingerprint density at radius 3 is 2.64 bits per heavy atom. The van der Waals surface area contributed by atoms with Crippen molar-refractivity contribution in [2.75, 3.05) is 6.61 Å². The summed E-state index contributed by atoms with van der Waals surface area (Å²) in [6.07, 6.45) is 1.64. The maximum Gasteiger partial charge on any atom is 0.363 e. The van der Waals surface area contributed by atoms with Crippen molar-refractivity contribution in [2.24, 2.45) is 4.99 Å². The molecule has 0 saturated heterocycles. The van der Waals surface area contributed by atoms with Crippen LogP contribution in [0.4, 0.5) is 0 Å². The molecule has 0 aromatic heterocycles. The molecular weight excluding hydrogens is 574 g/mol. The average Bonchev–Trinajstić information content (AvgIpc) is 3.13. The molecule has 0 spiro atoms. The molecule has 0 saturated carbocycles. The molecule has 0 unspecified atom stereocenters. The zero-order chi connectivity index (χ0) is 23.4. The van der Waals surface area contributed by atoms with Crippen LogP contribution in [0.2, 0.25) is 5.02 Å². The van der Waals surface area contributed by atoms with E-state index in [1.807, 2.05) is 37.3 Å². The molecule has 0 atom stereocenters. The lowest BCUT2D eigenvalue weighted by Gasteiger charge is -2.15. The number of cyclic esters (lactones) is 1. The summed E-state index contributed by atoms with van der Waals surface area (Å²) in [4.78, 5) is 16.7. The summed E-state index contributed by atoms with van der Waals surface area (Å²) >= 11 is 13.2. The van der Waals surface area contributed by atoms with Gasteiger partial charge in [0.25, 0.3) is 0 Å². The number of ether oxygens (including phenoxy) is 3. The Labute approximate surface area is 213 Å². The Balaban J connectivity index is 1.62. The Morgan fingerprint density at radius 2 is 1.88 bits per heavy atom. The van der Waals surface area contributed by atoms with Crippen molar-refractivity contribution in [2.45, 2.75) is 13.5 Å². The number of hydrogen-bond acceptors (Lipinski definition) is 5. The van der Waals surface area contributed by atoms with E-state index >= 15 is 0 Å². The van der Waals surface area contributed by atoms with Crippen molar-refractivity contribution in [1.82, 2.24) is 0 Å². The Kier molecular flexibility index (Phi) is 7.53. The summed E-state index contributed by atoms with van der Waals surface area (Å²) in [7, 11) is 0. The maximum absolute atomic E-state index is 12.4. The first kappa shape index (κ1) is 23.5. The summed E-state index contributed by atoms with van der Waals surface area (Å²) in [6.45, 7) is 2.72. The van der Waals surface area contributed by atoms with Crippen LogP contribution in [0, 0.1) is 0 Å². The van der Waals surface area contributed by atoms with E-state index in [2.05, 4.69) is 36.9 Å². The van der Waals surface area contributed by atoms with E-state index in [9.17, 15) is 4.79 Å². The van der Waals surface area contributed by atoms with E-state index < -0.39 is 5.97 Å². The minimum absolute atomic E-state index is 0.169. The lowest BCUT2D eigenvalue weighted by Crippen LogP contribution is -2.05. The van der Waals surface area contributed by atoms with Crippen molar-refractivity contribution >= 4 is 61.4 Å². The minimum Gasteiger partial charge on any atom is -0.490 e. The van der Waals surface area contributed by atoms with Gasteiger partial charge in [-0.3, -0.25) is 0 Å². The minimum atomic E-state index is -0.547. The highest BCUT2D eigenvalue weighted by atomic mass is 79.9. The molecule has 0 bridgehead atoms. The van der Waals surface area contributed by atoms with Crippen LogP contribution in [0.25, 0.3) is 6.08 Å². The Morgan fingerprint density at radius 1 is 1.06 bits per heavy atom. The van der Waals surface area contributed by atoms with Crippen LogP contribution >= 0.6 is 43.5 Å². The third kappa shape index (κ3) is 5.66. The maximum atomic E-state index is 12.4. The highest BCUT2D eigenvalue weighted by Crippen LogP contribution is 2.38. The molecule has 0 fully saturated rings.